The van der Waals surface area contributed by atoms with Crippen molar-refractivity contribution in [2.45, 2.75) is 189 Å². The third-order valence-electron chi connectivity index (χ3n) is 19.0. The van der Waals surface area contributed by atoms with E-state index in [4.69, 9.17) is 25.4 Å². The molecule has 10 nitrogen and oxygen atoms in total. The van der Waals surface area contributed by atoms with Crippen LogP contribution in [0.5, 0.6) is 0 Å². The Kier molecular flexibility index (Phi) is 22.5. The molecule has 80 heavy (non-hydrogen) atoms. The second-order valence-electron chi connectivity index (χ2n) is 26.4. The molecule has 0 radical (unpaired) electrons. The van der Waals surface area contributed by atoms with Crippen LogP contribution in [0.25, 0.3) is 9.69 Å². The van der Waals surface area contributed by atoms with Crippen LogP contribution in [0.2, 0.25) is 0 Å². The predicted molar refractivity (Wildman–Crippen MR) is 318 cm³/mol. The first-order chi connectivity index (χ1) is 37.2. The van der Waals surface area contributed by atoms with Crippen LogP contribution in [0.3, 0.4) is 0 Å². The Hall–Kier alpha value is -4.59. The van der Waals surface area contributed by atoms with Gasteiger partial charge in [0, 0.05) is 70.1 Å². The van der Waals surface area contributed by atoms with Crippen molar-refractivity contribution >= 4 is 40.4 Å². The Balaban J connectivity index is 0.000000286. The molecule has 0 bridgehead atoms. The van der Waals surface area contributed by atoms with Crippen LogP contribution >= 0.6 is 0 Å². The van der Waals surface area contributed by atoms with E-state index in [9.17, 15) is 24.6 Å². The molecular weight excluding hydrogens is 1030 g/mol. The van der Waals surface area contributed by atoms with Gasteiger partial charge in [-0.1, -0.05) is 148 Å². The summed E-state index contributed by atoms with van der Waals surface area (Å²) in [6, 6.07) is 29.5. The fourth-order valence-electron chi connectivity index (χ4n) is 15.8. The number of hydrogen-bond donors (Lipinski definition) is 2. The maximum absolute atomic E-state index is 12.7. The number of allylic oxidation sites excluding steroid dienone is 2. The van der Waals surface area contributed by atoms with Crippen molar-refractivity contribution in [2.75, 3.05) is 13.2 Å². The van der Waals surface area contributed by atoms with E-state index in [2.05, 4.69) is 68.5 Å². The number of fused-ring (bicyclic) bond motifs is 4. The molecule has 1 aromatic heterocycles. The van der Waals surface area contributed by atoms with Crippen molar-refractivity contribution in [3.8, 4) is 0 Å². The summed E-state index contributed by atoms with van der Waals surface area (Å²) in [4.78, 5) is 44.1. The van der Waals surface area contributed by atoms with E-state index in [0.29, 0.717) is 56.6 Å². The molecular formula is C68H92ClMgN3O7. The maximum atomic E-state index is 12.7. The Morgan fingerprint density at radius 1 is 0.700 bits per heavy atom. The maximum Gasteiger partial charge on any atom is 2.00 e. The SMILES string of the molecule is C.C1CCOC1.CC1(C)c2oncc2C[C@]2(C)CC(=O)CC[C@@H]12.[2H][2H].[C-]#[N+]C1=C[C@]2(C)C[C@](O)(Cc3ccccc3)CC[C@H]2C(C)(C)C1=O.[C-]#[N+]C1C[C@]2(C)C[C@](O)(Cc3ccccc3)CC[C@H]2C(C)(C)C1=O.[CH2-]c1ccccc1.[Cl-].[Mg+2]. The number of Topliss-reactive ketones (excluding diaryl/α,β-unsaturated/α-hetero) is 3. The molecule has 2 heterocycles. The number of carbonyl (C=O) groups excluding carboxylic acids is 3. The van der Waals surface area contributed by atoms with Crippen LogP contribution in [0, 0.1) is 64.9 Å². The first-order valence-electron chi connectivity index (χ1n) is 29.2. The van der Waals surface area contributed by atoms with E-state index in [1.165, 1.54) is 18.4 Å². The largest absolute Gasteiger partial charge is 2.00 e. The summed E-state index contributed by atoms with van der Waals surface area (Å²) >= 11 is 0. The van der Waals surface area contributed by atoms with Gasteiger partial charge in [0.25, 0.3) is 6.04 Å². The van der Waals surface area contributed by atoms with Gasteiger partial charge in [-0.25, -0.2) is 11.4 Å². The van der Waals surface area contributed by atoms with Gasteiger partial charge < -0.3 is 41.5 Å². The van der Waals surface area contributed by atoms with E-state index in [1.807, 2.05) is 119 Å². The summed E-state index contributed by atoms with van der Waals surface area (Å²) in [5.41, 5.74) is 1.85. The molecule has 1 aliphatic heterocycles. The number of ether oxygens (including phenoxy) is 1. The zero-order valence-corrected chi connectivity index (χ0v) is 50.9. The summed E-state index contributed by atoms with van der Waals surface area (Å²) in [6.07, 6.45) is 15.8. The molecule has 1 saturated heterocycles. The molecule has 4 saturated carbocycles. The molecule has 1 unspecified atom stereocenters. The van der Waals surface area contributed by atoms with Gasteiger partial charge in [-0.05, 0) is 109 Å². The number of carbonyl (C=O) groups is 3. The van der Waals surface area contributed by atoms with Gasteiger partial charge in [0.1, 0.15) is 11.5 Å². The quantitative estimate of drug-likeness (QED) is 0.152. The van der Waals surface area contributed by atoms with Gasteiger partial charge >= 0.3 is 23.1 Å². The predicted octanol–water partition coefficient (Wildman–Crippen LogP) is 11.3. The van der Waals surface area contributed by atoms with Crippen LogP contribution in [0.4, 0.5) is 0 Å². The van der Waals surface area contributed by atoms with Crippen molar-refractivity contribution in [3.05, 3.63) is 167 Å². The van der Waals surface area contributed by atoms with Gasteiger partial charge in [0.15, 0.2) is 5.78 Å². The summed E-state index contributed by atoms with van der Waals surface area (Å²) in [7, 11) is 0. The van der Waals surface area contributed by atoms with Crippen molar-refractivity contribution in [1.29, 1.82) is 0 Å². The zero-order chi connectivity index (χ0) is 58.1. The Bertz CT molecular complexity index is 2820. The number of halogens is 1. The summed E-state index contributed by atoms with van der Waals surface area (Å²) in [6.45, 7) is 39.4. The second kappa shape index (κ2) is 27.2. The summed E-state index contributed by atoms with van der Waals surface area (Å²) < 4.78 is 20.4. The summed E-state index contributed by atoms with van der Waals surface area (Å²) in [5, 5.41) is 26.4. The van der Waals surface area contributed by atoms with Crippen molar-refractivity contribution in [2.24, 2.45) is 44.8 Å². The molecule has 0 amide bonds. The first kappa shape index (κ1) is 66.2. The monoisotopic (exact) mass is 1120 g/mol. The van der Waals surface area contributed by atoms with E-state index < -0.39 is 28.1 Å². The minimum Gasteiger partial charge on any atom is -1.00 e. The van der Waals surface area contributed by atoms with E-state index in [0.717, 1.165) is 74.2 Å². The van der Waals surface area contributed by atoms with Gasteiger partial charge in [-0.15, -0.1) is 12.1 Å². The van der Waals surface area contributed by atoms with Crippen molar-refractivity contribution in [3.63, 3.8) is 0 Å². The van der Waals surface area contributed by atoms with Crippen LogP contribution in [-0.4, -0.2) is 86.2 Å². The van der Waals surface area contributed by atoms with Crippen LogP contribution in [-0.2, 0) is 43.8 Å². The number of nitrogens with zero attached hydrogens (tertiary/aromatic N) is 3. The first-order valence-corrected chi connectivity index (χ1v) is 28.2. The van der Waals surface area contributed by atoms with E-state index >= 15 is 0 Å². The fraction of sp³-hybridized carbons (Fsp3) is 0.574. The Labute approximate surface area is 505 Å². The normalized spacial score (nSPS) is 31.8. The van der Waals surface area contributed by atoms with Gasteiger partial charge in [-0.3, -0.25) is 9.59 Å². The molecule has 5 fully saturated rings. The van der Waals surface area contributed by atoms with Crippen molar-refractivity contribution < 1.29 is 49.2 Å². The molecule has 6 aliphatic carbocycles. The third-order valence-corrected chi connectivity index (χ3v) is 19.0. The number of aromatic nitrogens is 1. The van der Waals surface area contributed by atoms with E-state index in [1.54, 1.807) is 0 Å². The van der Waals surface area contributed by atoms with Crippen LogP contribution < -0.4 is 12.4 Å². The number of hydrogen-bond acceptors (Lipinski definition) is 8. The molecule has 0 spiro atoms. The van der Waals surface area contributed by atoms with Gasteiger partial charge in [0.2, 0.25) is 11.5 Å². The fourth-order valence-corrected chi connectivity index (χ4v) is 15.8. The van der Waals surface area contributed by atoms with Crippen LogP contribution in [0.15, 0.2) is 113 Å². The molecule has 12 heteroatoms. The molecule has 9 atom stereocenters. The molecule has 7 aliphatic rings. The Morgan fingerprint density at radius 2 is 1.21 bits per heavy atom. The van der Waals surface area contributed by atoms with Crippen LogP contribution in [0.1, 0.15) is 178 Å². The van der Waals surface area contributed by atoms with Crippen molar-refractivity contribution in [1.82, 2.24) is 5.16 Å². The molecule has 430 valence electrons. The molecule has 4 aromatic rings. The van der Waals surface area contributed by atoms with Gasteiger partial charge in [0.05, 0.1) is 24.0 Å². The topological polar surface area (TPSA) is 136 Å². The van der Waals surface area contributed by atoms with Gasteiger partial charge in [-0.2, -0.15) is 24.6 Å². The number of rotatable bonds is 4. The number of benzene rings is 3. The third kappa shape index (κ3) is 15.1. The average Bonchev–Trinajstić information content (AvgIpc) is 3.92. The molecule has 3 aromatic carbocycles. The Morgan fingerprint density at radius 3 is 1.70 bits per heavy atom. The van der Waals surface area contributed by atoms with E-state index in [-0.39, 0.29) is 93.6 Å². The average molecular weight is 1130 g/mol. The zero-order valence-electron chi connectivity index (χ0n) is 50.7. The minimum absolute atomic E-state index is 0. The number of aliphatic hydroxyl groups is 2. The molecule has 11 rings (SSSR count). The second-order valence-corrected chi connectivity index (χ2v) is 26.4. The smallest absolute Gasteiger partial charge is 1.00 e. The number of ketones is 3. The molecule has 2 N–H and O–H groups in total. The standard InChI is InChI=1S/C21H27NO2.C21H25NO2.C14H19NO2.C7H7.C4H8O.CH4.ClH.Mg.H2/c2*1-19(2)17-10-11-21(24,12-15-8-6-5-7-9-15)14-20(17,3)13-16(22-4)18(19)23;1-13(2)11-5-4-10(16)7-14(11,3)6-9-8-15-17-12(9)13;1-7-5-3-2-4-6-7;1-2-4-5-3-1;;;;/h5-9,16-17,24H,10-14H2,1-3H3;5-9,13,17,24H,10-12,14H2,1-3H3;8,11H,4-7H2,1-3H3;2-6H,1H2;1-4H2;1H4;1H;;1H/q;;;-1;;;;+2;/p-1/t16?,17-,20+,21+;17-,20+,21+;11-,14+;;;;;;/m000....../s1/i;;;;;;;;1+1D. The summed E-state index contributed by atoms with van der Waals surface area (Å²) in [5.74, 6) is 2.43. The minimum atomic E-state index is -0.785.